The Morgan fingerprint density at radius 3 is 2.18 bits per heavy atom. The van der Waals surface area contributed by atoms with Gasteiger partial charge in [-0.3, -0.25) is 0 Å². The summed E-state index contributed by atoms with van der Waals surface area (Å²) in [6, 6.07) is 0. The van der Waals surface area contributed by atoms with Crippen molar-refractivity contribution >= 4 is 0 Å². The van der Waals surface area contributed by atoms with Crippen LogP contribution in [0.2, 0.25) is 0 Å². The molecular weight excluding hydrogens is 140 g/mol. The molecule has 1 aliphatic carbocycles. The molecule has 2 nitrogen and oxygen atoms in total. The first kappa shape index (κ1) is 7.56. The summed E-state index contributed by atoms with van der Waals surface area (Å²) in [6.45, 7) is 3.25. The zero-order valence-electron chi connectivity index (χ0n) is 6.84. The molecule has 0 N–H and O–H groups in total. The van der Waals surface area contributed by atoms with Crippen LogP contribution >= 0.6 is 0 Å². The Labute approximate surface area is 67.9 Å². The topological polar surface area (TPSA) is 18.5 Å². The van der Waals surface area contributed by atoms with Crippen molar-refractivity contribution in [2.75, 3.05) is 13.2 Å². The van der Waals surface area contributed by atoms with Gasteiger partial charge in [0.1, 0.15) is 0 Å². The average molecular weight is 155 g/mol. The lowest BCUT2D eigenvalue weighted by molar-refractivity contribution is -0.123. The number of hydrogen-bond acceptors (Lipinski definition) is 2. The molecular formula is C9H15O2. The van der Waals surface area contributed by atoms with Gasteiger partial charge >= 0.3 is 0 Å². The molecule has 0 aromatic rings. The van der Waals surface area contributed by atoms with E-state index < -0.39 is 0 Å². The Hall–Kier alpha value is -0.0800. The summed E-state index contributed by atoms with van der Waals surface area (Å²) in [5.41, 5.74) is 0.382. The van der Waals surface area contributed by atoms with Gasteiger partial charge in [-0.25, -0.2) is 0 Å². The standard InChI is InChI=1S/C9H15O2/c1-2-4-9(5-3-1)6-10-8-11-7-9/h8H,1-7H2. The van der Waals surface area contributed by atoms with Gasteiger partial charge in [-0.2, -0.15) is 0 Å². The largest absolute Gasteiger partial charge is 0.347 e. The molecule has 1 saturated carbocycles. The molecule has 0 aromatic carbocycles. The van der Waals surface area contributed by atoms with Crippen molar-refractivity contribution in [3.63, 3.8) is 0 Å². The highest BCUT2D eigenvalue weighted by Gasteiger charge is 2.34. The number of rotatable bonds is 0. The molecule has 0 bridgehead atoms. The Morgan fingerprint density at radius 1 is 0.909 bits per heavy atom. The summed E-state index contributed by atoms with van der Waals surface area (Å²) < 4.78 is 10.4. The minimum absolute atomic E-state index is 0.382. The zero-order valence-corrected chi connectivity index (χ0v) is 6.84. The second-order valence-corrected chi connectivity index (χ2v) is 3.78. The van der Waals surface area contributed by atoms with Crippen molar-refractivity contribution in [3.05, 3.63) is 6.79 Å². The van der Waals surface area contributed by atoms with Crippen LogP contribution in [0.25, 0.3) is 0 Å². The van der Waals surface area contributed by atoms with Gasteiger partial charge in [0.05, 0.1) is 13.2 Å². The summed E-state index contributed by atoms with van der Waals surface area (Å²) in [5, 5.41) is 0. The van der Waals surface area contributed by atoms with Crippen LogP contribution in [0.1, 0.15) is 32.1 Å². The van der Waals surface area contributed by atoms with Gasteiger partial charge in [-0.15, -0.1) is 0 Å². The molecule has 1 aliphatic heterocycles. The summed E-state index contributed by atoms with van der Waals surface area (Å²) in [4.78, 5) is 0. The molecule has 1 heterocycles. The van der Waals surface area contributed by atoms with Crippen molar-refractivity contribution in [2.24, 2.45) is 5.41 Å². The van der Waals surface area contributed by atoms with Gasteiger partial charge in [0, 0.05) is 5.41 Å². The second kappa shape index (κ2) is 3.11. The maximum atomic E-state index is 5.22. The SMILES string of the molecule is [CH]1OCC2(CCCCC2)CO1. The Morgan fingerprint density at radius 2 is 1.55 bits per heavy atom. The quantitative estimate of drug-likeness (QED) is 0.533. The lowest BCUT2D eigenvalue weighted by Gasteiger charge is -2.39. The molecule has 1 spiro atoms. The van der Waals surface area contributed by atoms with Crippen molar-refractivity contribution in [2.45, 2.75) is 32.1 Å². The zero-order chi connectivity index (χ0) is 7.57. The van der Waals surface area contributed by atoms with Crippen molar-refractivity contribution < 1.29 is 9.47 Å². The van der Waals surface area contributed by atoms with Crippen LogP contribution in [0.4, 0.5) is 0 Å². The van der Waals surface area contributed by atoms with Crippen LogP contribution < -0.4 is 0 Å². The van der Waals surface area contributed by atoms with Crippen LogP contribution in [-0.4, -0.2) is 13.2 Å². The van der Waals surface area contributed by atoms with Gasteiger partial charge in [-0.1, -0.05) is 19.3 Å². The van der Waals surface area contributed by atoms with Gasteiger partial charge in [0.15, 0.2) is 0 Å². The molecule has 0 atom stereocenters. The van der Waals surface area contributed by atoms with Crippen LogP contribution in [0.5, 0.6) is 0 Å². The monoisotopic (exact) mass is 155 g/mol. The van der Waals surface area contributed by atoms with Crippen molar-refractivity contribution in [1.82, 2.24) is 0 Å². The van der Waals surface area contributed by atoms with E-state index in [2.05, 4.69) is 0 Å². The molecule has 2 aliphatic rings. The average Bonchev–Trinajstić information content (AvgIpc) is 2.07. The molecule has 1 saturated heterocycles. The predicted molar refractivity (Wildman–Crippen MR) is 41.7 cm³/mol. The lowest BCUT2D eigenvalue weighted by atomic mass is 9.75. The fourth-order valence-corrected chi connectivity index (χ4v) is 2.10. The van der Waals surface area contributed by atoms with Gasteiger partial charge < -0.3 is 9.47 Å². The van der Waals surface area contributed by atoms with Crippen molar-refractivity contribution in [1.29, 1.82) is 0 Å². The van der Waals surface area contributed by atoms with Gasteiger partial charge in [-0.05, 0) is 12.8 Å². The third kappa shape index (κ3) is 1.57. The third-order valence-electron chi connectivity index (χ3n) is 2.83. The lowest BCUT2D eigenvalue weighted by Crippen LogP contribution is -2.37. The fraction of sp³-hybridized carbons (Fsp3) is 0.889. The molecule has 2 rings (SSSR count). The van der Waals surface area contributed by atoms with E-state index >= 15 is 0 Å². The van der Waals surface area contributed by atoms with Crippen LogP contribution in [0.15, 0.2) is 0 Å². The first-order chi connectivity index (χ1) is 5.41. The minimum atomic E-state index is 0.382. The van der Waals surface area contributed by atoms with E-state index in [0.717, 1.165) is 13.2 Å². The van der Waals surface area contributed by atoms with Crippen LogP contribution in [0, 0.1) is 12.2 Å². The fourth-order valence-electron chi connectivity index (χ4n) is 2.10. The normalized spacial score (nSPS) is 30.5. The van der Waals surface area contributed by atoms with Gasteiger partial charge in [0.25, 0.3) is 0 Å². The van der Waals surface area contributed by atoms with E-state index in [0.29, 0.717) is 5.41 Å². The highest BCUT2D eigenvalue weighted by molar-refractivity contribution is 4.84. The maximum Gasteiger partial charge on any atom is 0.209 e. The molecule has 1 radical (unpaired) electrons. The second-order valence-electron chi connectivity index (χ2n) is 3.78. The Kier molecular flexibility index (Phi) is 2.14. The minimum Gasteiger partial charge on any atom is -0.347 e. The Balaban J connectivity index is 1.94. The predicted octanol–water partition coefficient (Wildman–Crippen LogP) is 2.10. The van der Waals surface area contributed by atoms with E-state index in [1.807, 2.05) is 0 Å². The molecule has 11 heavy (non-hydrogen) atoms. The Bertz CT molecular complexity index is 102. The van der Waals surface area contributed by atoms with E-state index in [9.17, 15) is 0 Å². The van der Waals surface area contributed by atoms with E-state index in [-0.39, 0.29) is 0 Å². The van der Waals surface area contributed by atoms with Crippen LogP contribution in [-0.2, 0) is 9.47 Å². The first-order valence-corrected chi connectivity index (χ1v) is 4.46. The molecule has 2 heteroatoms. The molecule has 0 amide bonds. The summed E-state index contributed by atoms with van der Waals surface area (Å²) >= 11 is 0. The third-order valence-corrected chi connectivity index (χ3v) is 2.83. The summed E-state index contributed by atoms with van der Waals surface area (Å²) in [5.74, 6) is 0. The number of ether oxygens (including phenoxy) is 2. The van der Waals surface area contributed by atoms with Crippen molar-refractivity contribution in [3.8, 4) is 0 Å². The number of hydrogen-bond donors (Lipinski definition) is 0. The highest BCUT2D eigenvalue weighted by Crippen LogP contribution is 2.38. The van der Waals surface area contributed by atoms with E-state index in [4.69, 9.17) is 9.47 Å². The maximum absolute atomic E-state index is 5.22. The van der Waals surface area contributed by atoms with Gasteiger partial charge in [0.2, 0.25) is 6.79 Å². The molecule has 63 valence electrons. The molecule has 0 aromatic heterocycles. The van der Waals surface area contributed by atoms with Crippen LogP contribution in [0.3, 0.4) is 0 Å². The smallest absolute Gasteiger partial charge is 0.209 e. The highest BCUT2D eigenvalue weighted by atomic mass is 16.7. The summed E-state index contributed by atoms with van der Waals surface area (Å²) in [6.07, 6.45) is 6.69. The summed E-state index contributed by atoms with van der Waals surface area (Å²) in [7, 11) is 0. The molecule has 2 fully saturated rings. The van der Waals surface area contributed by atoms with E-state index in [1.165, 1.54) is 38.9 Å². The molecule has 0 unspecified atom stereocenters. The first-order valence-electron chi connectivity index (χ1n) is 4.46. The van der Waals surface area contributed by atoms with E-state index in [1.54, 1.807) is 0 Å².